The van der Waals surface area contributed by atoms with Gasteiger partial charge in [-0.15, -0.1) is 0 Å². The molecule has 10 heteroatoms. The Labute approximate surface area is 179 Å². The summed E-state index contributed by atoms with van der Waals surface area (Å²) in [5.41, 5.74) is -0.967. The van der Waals surface area contributed by atoms with Crippen LogP contribution in [0.25, 0.3) is 0 Å². The Hall–Kier alpha value is -2.62. The summed E-state index contributed by atoms with van der Waals surface area (Å²) >= 11 is 0. The molecule has 3 rings (SSSR count). The van der Waals surface area contributed by atoms with Crippen molar-refractivity contribution in [2.45, 2.75) is 38.4 Å². The molecule has 1 saturated heterocycles. The molecule has 1 amide bonds. The van der Waals surface area contributed by atoms with Gasteiger partial charge in [-0.2, -0.15) is 18.3 Å². The van der Waals surface area contributed by atoms with Gasteiger partial charge in [0.25, 0.3) is 0 Å². The molecule has 2 atom stereocenters. The lowest BCUT2D eigenvalue weighted by molar-refractivity contribution is -0.139. The quantitative estimate of drug-likeness (QED) is 0.750. The molecule has 1 fully saturated rings. The number of piperidine rings is 1. The van der Waals surface area contributed by atoms with Gasteiger partial charge in [-0.25, -0.2) is 4.98 Å². The lowest BCUT2D eigenvalue weighted by atomic mass is 9.85. The zero-order valence-electron chi connectivity index (χ0n) is 18.1. The predicted octanol–water partition coefficient (Wildman–Crippen LogP) is 2.84. The summed E-state index contributed by atoms with van der Waals surface area (Å²) in [6, 6.07) is 1.97. The average molecular weight is 439 g/mol. The smallest absolute Gasteiger partial charge is 0.421 e. The van der Waals surface area contributed by atoms with E-state index in [4.69, 9.17) is 4.74 Å². The monoisotopic (exact) mass is 439 g/mol. The predicted molar refractivity (Wildman–Crippen MR) is 109 cm³/mol. The van der Waals surface area contributed by atoms with Gasteiger partial charge < -0.3 is 15.0 Å². The first kappa shape index (κ1) is 23.1. The van der Waals surface area contributed by atoms with E-state index in [0.29, 0.717) is 6.54 Å². The maximum atomic E-state index is 13.2. The van der Waals surface area contributed by atoms with E-state index < -0.39 is 23.0 Å². The summed E-state index contributed by atoms with van der Waals surface area (Å²) in [4.78, 5) is 18.9. The van der Waals surface area contributed by atoms with Crippen LogP contribution in [0.3, 0.4) is 0 Å². The number of nitrogens with one attached hydrogen (secondary N) is 1. The molecule has 2 aromatic heterocycles. The topological polar surface area (TPSA) is 72.3 Å². The molecule has 1 aliphatic rings. The first-order chi connectivity index (χ1) is 14.5. The number of carbonyl (C=O) groups is 1. The van der Waals surface area contributed by atoms with Gasteiger partial charge in [0.05, 0.1) is 11.6 Å². The fourth-order valence-electron chi connectivity index (χ4n) is 3.69. The Kier molecular flexibility index (Phi) is 6.59. The van der Waals surface area contributed by atoms with Crippen molar-refractivity contribution in [1.82, 2.24) is 25.0 Å². The van der Waals surface area contributed by atoms with Gasteiger partial charge in [-0.3, -0.25) is 9.48 Å². The Morgan fingerprint density at radius 2 is 2.06 bits per heavy atom. The lowest BCUT2D eigenvalue weighted by Crippen LogP contribution is -2.54. The van der Waals surface area contributed by atoms with Crippen LogP contribution in [0.4, 0.5) is 13.2 Å². The number of alkyl halides is 3. The molecule has 0 radical (unpaired) electrons. The first-order valence-corrected chi connectivity index (χ1v) is 10.1. The highest BCUT2D eigenvalue weighted by molar-refractivity contribution is 5.82. The molecule has 0 saturated carbocycles. The molecule has 3 heterocycles. The van der Waals surface area contributed by atoms with E-state index in [1.807, 2.05) is 26.5 Å². The molecule has 0 unspecified atom stereocenters. The van der Waals surface area contributed by atoms with E-state index >= 15 is 0 Å². The number of aromatic nitrogens is 3. The van der Waals surface area contributed by atoms with Crippen LogP contribution in [-0.2, 0) is 18.0 Å². The summed E-state index contributed by atoms with van der Waals surface area (Å²) in [6.45, 7) is 4.62. The summed E-state index contributed by atoms with van der Waals surface area (Å²) in [5.74, 6) is -0.703. The minimum atomic E-state index is -4.58. The fraction of sp³-hybridized carbons (Fsp3) is 0.571. The number of likely N-dealkylation sites (N-methyl/N-ethyl adjacent to an activating group) is 1. The second kappa shape index (κ2) is 8.86. The summed E-state index contributed by atoms with van der Waals surface area (Å²) in [5, 5.41) is 7.32. The van der Waals surface area contributed by atoms with E-state index in [2.05, 4.69) is 20.3 Å². The molecule has 1 N–H and O–H groups in total. The second-order valence-electron chi connectivity index (χ2n) is 8.71. The van der Waals surface area contributed by atoms with Crippen molar-refractivity contribution < 1.29 is 22.7 Å². The molecule has 170 valence electrons. The van der Waals surface area contributed by atoms with Crippen molar-refractivity contribution in [2.24, 2.45) is 12.5 Å². The zero-order valence-corrected chi connectivity index (χ0v) is 18.1. The third-order valence-corrected chi connectivity index (χ3v) is 5.55. The maximum absolute atomic E-state index is 13.2. The molecule has 0 aliphatic carbocycles. The van der Waals surface area contributed by atoms with Crippen molar-refractivity contribution in [3.05, 3.63) is 41.9 Å². The number of amides is 1. The van der Waals surface area contributed by atoms with Crippen molar-refractivity contribution in [2.75, 3.05) is 26.7 Å². The minimum Gasteiger partial charge on any atom is -0.476 e. The van der Waals surface area contributed by atoms with Crippen molar-refractivity contribution in [3.8, 4) is 5.88 Å². The molecule has 0 aromatic carbocycles. The largest absolute Gasteiger partial charge is 0.476 e. The van der Waals surface area contributed by atoms with Gasteiger partial charge in [0, 0.05) is 37.9 Å². The molecule has 1 aliphatic heterocycles. The van der Waals surface area contributed by atoms with Crippen molar-refractivity contribution in [1.29, 1.82) is 0 Å². The molecule has 0 spiro atoms. The Bertz CT molecular complexity index is 912. The molecular weight excluding hydrogens is 411 g/mol. The summed E-state index contributed by atoms with van der Waals surface area (Å²) in [7, 11) is 3.84. The standard InChI is InChI=1S/C21H28F3N5O2/c1-20(2,13-31-18-16(21(22,23)24)6-5-8-25-18)19(30)27-17-12-28(3)9-7-15(17)14-10-26-29(4)11-14/h5-6,8,10-11,15,17H,7,9,12-13H2,1-4H3,(H,27,30)/t15-,17+/m0/s1. The molecule has 0 bridgehead atoms. The number of ether oxygens (including phenoxy) is 1. The number of rotatable bonds is 6. The van der Waals surface area contributed by atoms with Gasteiger partial charge in [-0.05, 0) is 51.6 Å². The minimum absolute atomic E-state index is 0.109. The number of likely N-dealkylation sites (tertiary alicyclic amines) is 1. The number of aryl methyl sites for hydroxylation is 1. The number of nitrogens with zero attached hydrogens (tertiary/aromatic N) is 4. The van der Waals surface area contributed by atoms with E-state index in [-0.39, 0.29) is 24.5 Å². The third kappa shape index (κ3) is 5.55. The highest BCUT2D eigenvalue weighted by Gasteiger charge is 2.38. The number of halogens is 3. The van der Waals surface area contributed by atoms with Gasteiger partial charge >= 0.3 is 6.18 Å². The van der Waals surface area contributed by atoms with Gasteiger partial charge in [0.2, 0.25) is 11.8 Å². The van der Waals surface area contributed by atoms with Crippen LogP contribution >= 0.6 is 0 Å². The van der Waals surface area contributed by atoms with Gasteiger partial charge in [0.15, 0.2) is 0 Å². The SMILES string of the molecule is CN1CC[C@@H](c2cnn(C)c2)[C@H](NC(=O)C(C)(C)COc2ncccc2C(F)(F)F)C1. The third-order valence-electron chi connectivity index (χ3n) is 5.55. The van der Waals surface area contributed by atoms with Crippen LogP contribution in [0.15, 0.2) is 30.7 Å². The fourth-order valence-corrected chi connectivity index (χ4v) is 3.69. The van der Waals surface area contributed by atoms with Crippen LogP contribution < -0.4 is 10.1 Å². The van der Waals surface area contributed by atoms with E-state index in [1.165, 1.54) is 12.3 Å². The Balaban J connectivity index is 1.69. The zero-order chi connectivity index (χ0) is 22.8. The van der Waals surface area contributed by atoms with Crippen LogP contribution in [0.2, 0.25) is 0 Å². The number of pyridine rings is 1. The molecule has 31 heavy (non-hydrogen) atoms. The van der Waals surface area contributed by atoms with Crippen LogP contribution in [0, 0.1) is 5.41 Å². The van der Waals surface area contributed by atoms with Crippen molar-refractivity contribution >= 4 is 5.91 Å². The van der Waals surface area contributed by atoms with Gasteiger partial charge in [0.1, 0.15) is 12.2 Å². The molecular formula is C21H28F3N5O2. The maximum Gasteiger partial charge on any atom is 0.421 e. The number of hydrogen-bond acceptors (Lipinski definition) is 5. The van der Waals surface area contributed by atoms with E-state index in [1.54, 1.807) is 18.5 Å². The van der Waals surface area contributed by atoms with Crippen LogP contribution in [0.1, 0.15) is 37.3 Å². The van der Waals surface area contributed by atoms with E-state index in [0.717, 1.165) is 24.6 Å². The molecule has 7 nitrogen and oxygen atoms in total. The number of hydrogen-bond donors (Lipinski definition) is 1. The highest BCUT2D eigenvalue weighted by Crippen LogP contribution is 2.35. The Morgan fingerprint density at radius 3 is 2.71 bits per heavy atom. The number of carbonyl (C=O) groups excluding carboxylic acids is 1. The summed E-state index contributed by atoms with van der Waals surface area (Å²) < 4.78 is 46.6. The first-order valence-electron chi connectivity index (χ1n) is 10.1. The molecule has 2 aromatic rings. The Morgan fingerprint density at radius 1 is 1.32 bits per heavy atom. The summed E-state index contributed by atoms with van der Waals surface area (Å²) in [6.07, 6.45) is 1.27. The highest BCUT2D eigenvalue weighted by atomic mass is 19.4. The van der Waals surface area contributed by atoms with Crippen LogP contribution in [-0.4, -0.2) is 58.4 Å². The van der Waals surface area contributed by atoms with Crippen LogP contribution in [0.5, 0.6) is 5.88 Å². The average Bonchev–Trinajstić information content (AvgIpc) is 3.12. The van der Waals surface area contributed by atoms with Crippen molar-refractivity contribution in [3.63, 3.8) is 0 Å². The second-order valence-corrected chi connectivity index (χ2v) is 8.71. The van der Waals surface area contributed by atoms with Gasteiger partial charge in [-0.1, -0.05) is 0 Å². The van der Waals surface area contributed by atoms with E-state index in [9.17, 15) is 18.0 Å². The normalized spacial score (nSPS) is 20.5. The lowest BCUT2D eigenvalue weighted by Gasteiger charge is -2.38.